The zero-order valence-corrected chi connectivity index (χ0v) is 20.1. The SMILES string of the molecule is CSc1ncccc1C(=O)N1CCC2(CC1)CN(Cc1ccc(C(C)(C)C)cc1)C(=O)O2. The van der Waals surface area contributed by atoms with Crippen molar-refractivity contribution in [2.24, 2.45) is 0 Å². The summed E-state index contributed by atoms with van der Waals surface area (Å²) < 4.78 is 5.86. The summed E-state index contributed by atoms with van der Waals surface area (Å²) >= 11 is 1.48. The minimum atomic E-state index is -0.503. The summed E-state index contributed by atoms with van der Waals surface area (Å²) in [6, 6.07) is 12.1. The fraction of sp³-hybridized carbons (Fsp3) is 0.480. The van der Waals surface area contributed by atoms with E-state index < -0.39 is 5.60 Å². The van der Waals surface area contributed by atoms with Crippen LogP contribution in [0.1, 0.15) is 55.1 Å². The van der Waals surface area contributed by atoms with Gasteiger partial charge >= 0.3 is 6.09 Å². The summed E-state index contributed by atoms with van der Waals surface area (Å²) in [5.74, 6) is -0.00239. The summed E-state index contributed by atoms with van der Waals surface area (Å²) in [4.78, 5) is 33.6. The highest BCUT2D eigenvalue weighted by molar-refractivity contribution is 7.98. The van der Waals surface area contributed by atoms with Crippen LogP contribution in [0.4, 0.5) is 4.79 Å². The number of rotatable bonds is 4. The van der Waals surface area contributed by atoms with Crippen LogP contribution in [0.5, 0.6) is 0 Å². The van der Waals surface area contributed by atoms with E-state index >= 15 is 0 Å². The molecule has 0 atom stereocenters. The molecular formula is C25H31N3O3S. The molecule has 1 spiro atoms. The van der Waals surface area contributed by atoms with Gasteiger partial charge in [-0.05, 0) is 34.9 Å². The van der Waals surface area contributed by atoms with E-state index in [-0.39, 0.29) is 17.4 Å². The number of benzene rings is 1. The molecule has 170 valence electrons. The Hall–Kier alpha value is -2.54. The van der Waals surface area contributed by atoms with E-state index in [1.165, 1.54) is 17.3 Å². The fourth-order valence-corrected chi connectivity index (χ4v) is 4.95. The van der Waals surface area contributed by atoms with E-state index in [1.54, 1.807) is 17.2 Å². The predicted octanol–water partition coefficient (Wildman–Crippen LogP) is 4.73. The third kappa shape index (κ3) is 4.63. The van der Waals surface area contributed by atoms with Gasteiger partial charge in [0.2, 0.25) is 0 Å². The molecule has 7 heteroatoms. The van der Waals surface area contributed by atoms with Crippen LogP contribution in [0.15, 0.2) is 47.6 Å². The molecule has 2 aliphatic rings. The molecule has 2 saturated heterocycles. The van der Waals surface area contributed by atoms with E-state index in [0.717, 1.165) is 10.6 Å². The highest BCUT2D eigenvalue weighted by atomic mass is 32.2. The van der Waals surface area contributed by atoms with Gasteiger partial charge in [-0.3, -0.25) is 9.69 Å². The number of amides is 2. The molecule has 4 rings (SSSR count). The smallest absolute Gasteiger partial charge is 0.410 e. The van der Waals surface area contributed by atoms with Crippen molar-refractivity contribution >= 4 is 23.8 Å². The Morgan fingerprint density at radius 3 is 2.47 bits per heavy atom. The molecule has 2 amide bonds. The van der Waals surface area contributed by atoms with E-state index in [9.17, 15) is 9.59 Å². The first kappa shape index (κ1) is 22.6. The first-order valence-corrected chi connectivity index (χ1v) is 12.3. The van der Waals surface area contributed by atoms with Crippen molar-refractivity contribution in [3.8, 4) is 0 Å². The van der Waals surface area contributed by atoms with Crippen molar-refractivity contribution in [2.75, 3.05) is 25.9 Å². The maximum absolute atomic E-state index is 13.0. The van der Waals surface area contributed by atoms with Crippen LogP contribution in [0, 0.1) is 0 Å². The molecule has 6 nitrogen and oxygen atoms in total. The number of likely N-dealkylation sites (tertiary alicyclic amines) is 1. The van der Waals surface area contributed by atoms with Gasteiger partial charge in [-0.2, -0.15) is 0 Å². The molecule has 1 aromatic carbocycles. The maximum Gasteiger partial charge on any atom is 0.410 e. The van der Waals surface area contributed by atoms with Crippen molar-refractivity contribution in [3.05, 3.63) is 59.3 Å². The lowest BCUT2D eigenvalue weighted by Gasteiger charge is -2.37. The topological polar surface area (TPSA) is 62.7 Å². The summed E-state index contributed by atoms with van der Waals surface area (Å²) in [7, 11) is 0. The molecule has 32 heavy (non-hydrogen) atoms. The van der Waals surface area contributed by atoms with E-state index in [4.69, 9.17) is 4.74 Å². The Morgan fingerprint density at radius 2 is 1.84 bits per heavy atom. The van der Waals surface area contributed by atoms with Crippen molar-refractivity contribution < 1.29 is 14.3 Å². The van der Waals surface area contributed by atoms with Gasteiger partial charge in [0.1, 0.15) is 10.6 Å². The van der Waals surface area contributed by atoms with Gasteiger partial charge in [-0.15, -0.1) is 11.8 Å². The van der Waals surface area contributed by atoms with E-state index in [2.05, 4.69) is 50.0 Å². The number of carbonyl (C=O) groups is 2. The molecule has 0 bridgehead atoms. The number of hydrogen-bond donors (Lipinski definition) is 0. The van der Waals surface area contributed by atoms with Gasteiger partial charge in [-0.1, -0.05) is 45.0 Å². The first-order chi connectivity index (χ1) is 15.2. The summed E-state index contributed by atoms with van der Waals surface area (Å²) in [6.07, 6.45) is 4.67. The van der Waals surface area contributed by atoms with Gasteiger partial charge in [0, 0.05) is 38.7 Å². The van der Waals surface area contributed by atoms with Crippen LogP contribution in [0.25, 0.3) is 0 Å². The summed E-state index contributed by atoms with van der Waals surface area (Å²) in [5.41, 5.74) is 2.61. The number of hydrogen-bond acceptors (Lipinski definition) is 5. The van der Waals surface area contributed by atoms with Crippen LogP contribution in [0.3, 0.4) is 0 Å². The minimum absolute atomic E-state index is 0.00239. The molecular weight excluding hydrogens is 422 g/mol. The van der Waals surface area contributed by atoms with Crippen LogP contribution in [0.2, 0.25) is 0 Å². The quantitative estimate of drug-likeness (QED) is 0.627. The normalized spacial score (nSPS) is 18.2. The predicted molar refractivity (Wildman–Crippen MR) is 126 cm³/mol. The average Bonchev–Trinajstić information content (AvgIpc) is 3.07. The molecule has 0 unspecified atom stereocenters. The number of piperidine rings is 1. The fourth-order valence-electron chi connectivity index (χ4n) is 4.41. The van der Waals surface area contributed by atoms with Crippen molar-refractivity contribution in [1.82, 2.24) is 14.8 Å². The second kappa shape index (κ2) is 8.77. The Labute approximate surface area is 194 Å². The number of carbonyl (C=O) groups excluding carboxylic acids is 2. The molecule has 2 aliphatic heterocycles. The lowest BCUT2D eigenvalue weighted by molar-refractivity contribution is 0.00301. The zero-order chi connectivity index (χ0) is 22.9. The second-order valence-electron chi connectivity index (χ2n) is 9.71. The van der Waals surface area contributed by atoms with Gasteiger partial charge < -0.3 is 9.64 Å². The third-order valence-corrected chi connectivity index (χ3v) is 7.10. The standard InChI is InChI=1S/C25H31N3O3S/c1-24(2,3)19-9-7-18(8-10-19)16-28-17-25(31-23(28)30)11-14-27(15-12-25)22(29)20-6-5-13-26-21(20)32-4/h5-10,13H,11-12,14-17H2,1-4H3. The van der Waals surface area contributed by atoms with E-state index in [1.807, 2.05) is 17.2 Å². The van der Waals surface area contributed by atoms with Crippen LogP contribution < -0.4 is 0 Å². The van der Waals surface area contributed by atoms with E-state index in [0.29, 0.717) is 44.6 Å². The summed E-state index contributed by atoms with van der Waals surface area (Å²) in [6.45, 7) is 8.83. The van der Waals surface area contributed by atoms with Crippen LogP contribution in [-0.4, -0.2) is 58.3 Å². The molecule has 0 N–H and O–H groups in total. The molecule has 3 heterocycles. The Kier molecular flexibility index (Phi) is 6.21. The van der Waals surface area contributed by atoms with Crippen molar-refractivity contribution in [1.29, 1.82) is 0 Å². The largest absolute Gasteiger partial charge is 0.441 e. The molecule has 2 aromatic rings. The highest BCUT2D eigenvalue weighted by Gasteiger charge is 2.47. The lowest BCUT2D eigenvalue weighted by Crippen LogP contribution is -2.48. The summed E-state index contributed by atoms with van der Waals surface area (Å²) in [5, 5.41) is 0.744. The molecule has 1 aromatic heterocycles. The Morgan fingerprint density at radius 1 is 1.16 bits per heavy atom. The number of aromatic nitrogens is 1. The molecule has 2 fully saturated rings. The van der Waals surface area contributed by atoms with Crippen molar-refractivity contribution in [3.63, 3.8) is 0 Å². The highest BCUT2D eigenvalue weighted by Crippen LogP contribution is 2.35. The molecule has 0 saturated carbocycles. The monoisotopic (exact) mass is 453 g/mol. The third-order valence-electron chi connectivity index (χ3n) is 6.39. The van der Waals surface area contributed by atoms with Gasteiger partial charge in [0.25, 0.3) is 5.91 Å². The zero-order valence-electron chi connectivity index (χ0n) is 19.3. The van der Waals surface area contributed by atoms with Crippen LogP contribution >= 0.6 is 11.8 Å². The van der Waals surface area contributed by atoms with Gasteiger partial charge in [-0.25, -0.2) is 9.78 Å². The number of pyridine rings is 1. The van der Waals surface area contributed by atoms with Crippen LogP contribution in [-0.2, 0) is 16.7 Å². The molecule has 0 radical (unpaired) electrons. The Balaban J connectivity index is 1.37. The second-order valence-corrected chi connectivity index (χ2v) is 10.5. The molecule has 0 aliphatic carbocycles. The number of thioether (sulfide) groups is 1. The lowest BCUT2D eigenvalue weighted by atomic mass is 9.86. The maximum atomic E-state index is 13.0. The minimum Gasteiger partial charge on any atom is -0.441 e. The van der Waals surface area contributed by atoms with Gasteiger partial charge in [0.15, 0.2) is 0 Å². The first-order valence-electron chi connectivity index (χ1n) is 11.1. The number of nitrogens with zero attached hydrogens (tertiary/aromatic N) is 3. The number of ether oxygens (including phenoxy) is 1. The van der Waals surface area contributed by atoms with Gasteiger partial charge in [0.05, 0.1) is 12.1 Å². The average molecular weight is 454 g/mol. The van der Waals surface area contributed by atoms with Crippen molar-refractivity contribution in [2.45, 2.75) is 56.2 Å². The Bertz CT molecular complexity index is 992.